The van der Waals surface area contributed by atoms with Crippen LogP contribution in [-0.2, 0) is 38.0 Å². The number of aliphatic hydroxyl groups is 1. The van der Waals surface area contributed by atoms with Crippen LogP contribution in [0.5, 0.6) is 0 Å². The van der Waals surface area contributed by atoms with Gasteiger partial charge in [0.15, 0.2) is 12.1 Å². The lowest BCUT2D eigenvalue weighted by Crippen LogP contribution is -2.53. The number of methoxy groups -OCH3 is 1. The van der Waals surface area contributed by atoms with E-state index in [0.29, 0.717) is 38.2 Å². The molecule has 5 heterocycles. The monoisotopic (exact) mass is 696 g/mol. The fraction of sp³-hybridized carbons (Fsp3) is 0.732. The number of allylic oxidation sites excluding steroid dienone is 2. The zero-order chi connectivity index (χ0) is 35.9. The molecule has 1 N–H and O–H groups in total. The lowest BCUT2D eigenvalue weighted by molar-refractivity contribution is -0.299. The van der Waals surface area contributed by atoms with E-state index in [9.17, 15) is 9.90 Å². The van der Waals surface area contributed by atoms with E-state index in [1.54, 1.807) is 7.11 Å². The number of hydrogen-bond donors (Lipinski definition) is 1. The number of fused-ring (bicyclic) bond motifs is 2. The second kappa shape index (κ2) is 15.5. The molecule has 5 aliphatic heterocycles. The zero-order valence-corrected chi connectivity index (χ0v) is 31.5. The molecular weight excluding hydrogens is 636 g/mol. The first-order valence-electron chi connectivity index (χ1n) is 18.9. The summed E-state index contributed by atoms with van der Waals surface area (Å²) in [6.45, 7) is 17.4. The van der Waals surface area contributed by atoms with Crippen molar-refractivity contribution in [2.24, 2.45) is 35.5 Å². The van der Waals surface area contributed by atoms with Crippen LogP contribution in [0, 0.1) is 35.5 Å². The second-order valence-electron chi connectivity index (χ2n) is 16.1. The van der Waals surface area contributed by atoms with Crippen molar-refractivity contribution in [2.45, 2.75) is 142 Å². The van der Waals surface area contributed by atoms with Crippen molar-refractivity contribution in [3.05, 3.63) is 59.3 Å². The standard InChI is InChI=1S/C41H60O9/c1-22(2)37-25(5)15-16-41(50-37)20-31-18-30(49-41)14-13-24(4)38(48-34-19-33(44-9)36(42)28(8)46-34)23(3)11-10-12-29-21-45-39-27(7)26(6)17-32(35(29)39)40(43)47-31/h10-13,15-17,22-23,25,27-28,30-39,42H,14,18-21H2,1-9H3. The number of carbonyl (C=O) groups is 1. The average Bonchev–Trinajstić information content (AvgIpc) is 3.50. The normalized spacial score (nSPS) is 45.5. The van der Waals surface area contributed by atoms with Gasteiger partial charge in [0.25, 0.3) is 0 Å². The third kappa shape index (κ3) is 7.80. The van der Waals surface area contributed by atoms with Gasteiger partial charge < -0.3 is 38.3 Å². The van der Waals surface area contributed by atoms with E-state index in [1.165, 1.54) is 0 Å². The first-order chi connectivity index (χ1) is 23.8. The molecule has 50 heavy (non-hydrogen) atoms. The van der Waals surface area contributed by atoms with E-state index >= 15 is 0 Å². The molecule has 9 heteroatoms. The fourth-order valence-corrected chi connectivity index (χ4v) is 8.95. The molecule has 3 fully saturated rings. The summed E-state index contributed by atoms with van der Waals surface area (Å²) < 4.78 is 45.0. The van der Waals surface area contributed by atoms with Crippen molar-refractivity contribution >= 4 is 5.97 Å². The van der Waals surface area contributed by atoms with Crippen molar-refractivity contribution in [3.8, 4) is 0 Å². The summed E-state index contributed by atoms with van der Waals surface area (Å²) in [5.41, 5.74) is 3.31. The van der Waals surface area contributed by atoms with E-state index in [0.717, 1.165) is 16.7 Å². The van der Waals surface area contributed by atoms with Crippen LogP contribution in [0.4, 0.5) is 0 Å². The quantitative estimate of drug-likeness (QED) is 0.257. The van der Waals surface area contributed by atoms with Crippen LogP contribution in [0.3, 0.4) is 0 Å². The highest BCUT2D eigenvalue weighted by Gasteiger charge is 2.50. The average molecular weight is 697 g/mol. The number of carbonyl (C=O) groups excluding carboxylic acids is 1. The fourth-order valence-electron chi connectivity index (χ4n) is 8.95. The van der Waals surface area contributed by atoms with Gasteiger partial charge in [-0.2, -0.15) is 0 Å². The molecule has 15 atom stereocenters. The number of esters is 1. The Morgan fingerprint density at radius 3 is 2.52 bits per heavy atom. The Morgan fingerprint density at radius 2 is 1.78 bits per heavy atom. The van der Waals surface area contributed by atoms with Crippen LogP contribution in [-0.4, -0.2) is 85.7 Å². The van der Waals surface area contributed by atoms with Crippen LogP contribution in [0.25, 0.3) is 0 Å². The molecule has 0 radical (unpaired) electrons. The van der Waals surface area contributed by atoms with Crippen LogP contribution < -0.4 is 0 Å². The maximum atomic E-state index is 14.2. The molecule has 15 unspecified atom stereocenters. The summed E-state index contributed by atoms with van der Waals surface area (Å²) in [6, 6.07) is 0. The highest BCUT2D eigenvalue weighted by molar-refractivity contribution is 5.76. The molecular formula is C41H60O9. The Bertz CT molecular complexity index is 1380. The molecule has 2 bridgehead atoms. The first-order valence-corrected chi connectivity index (χ1v) is 18.9. The maximum Gasteiger partial charge on any atom is 0.313 e. The van der Waals surface area contributed by atoms with Crippen molar-refractivity contribution in [1.29, 1.82) is 0 Å². The number of ether oxygens (including phenoxy) is 7. The van der Waals surface area contributed by atoms with Crippen LogP contribution in [0.2, 0.25) is 0 Å². The third-order valence-corrected chi connectivity index (χ3v) is 12.0. The molecule has 6 aliphatic rings. The summed E-state index contributed by atoms with van der Waals surface area (Å²) in [6.07, 6.45) is 13.8. The molecule has 0 saturated carbocycles. The number of hydrogen-bond acceptors (Lipinski definition) is 9. The van der Waals surface area contributed by atoms with E-state index in [2.05, 4.69) is 84.9 Å². The van der Waals surface area contributed by atoms with Gasteiger partial charge in [-0.3, -0.25) is 4.79 Å². The summed E-state index contributed by atoms with van der Waals surface area (Å²) >= 11 is 0. The molecule has 6 rings (SSSR count). The molecule has 1 spiro atoms. The largest absolute Gasteiger partial charge is 0.462 e. The van der Waals surface area contributed by atoms with E-state index in [-0.39, 0.29) is 66.3 Å². The van der Waals surface area contributed by atoms with Crippen LogP contribution in [0.1, 0.15) is 81.1 Å². The second-order valence-corrected chi connectivity index (χ2v) is 16.1. The van der Waals surface area contributed by atoms with Crippen LogP contribution >= 0.6 is 0 Å². The predicted molar refractivity (Wildman–Crippen MR) is 190 cm³/mol. The third-order valence-electron chi connectivity index (χ3n) is 12.0. The molecule has 278 valence electrons. The number of rotatable bonds is 4. The van der Waals surface area contributed by atoms with Gasteiger partial charge >= 0.3 is 5.97 Å². The van der Waals surface area contributed by atoms with Crippen molar-refractivity contribution in [3.63, 3.8) is 0 Å². The predicted octanol–water partition coefficient (Wildman–Crippen LogP) is 6.61. The molecule has 0 amide bonds. The van der Waals surface area contributed by atoms with E-state index in [4.69, 9.17) is 33.2 Å². The Hall–Kier alpha value is -2.11. The molecule has 0 aromatic heterocycles. The van der Waals surface area contributed by atoms with Crippen LogP contribution in [0.15, 0.2) is 59.3 Å². The smallest absolute Gasteiger partial charge is 0.313 e. The highest BCUT2D eigenvalue weighted by atomic mass is 16.7. The van der Waals surface area contributed by atoms with Crippen molar-refractivity contribution in [1.82, 2.24) is 0 Å². The van der Waals surface area contributed by atoms with Gasteiger partial charge in [0.1, 0.15) is 12.2 Å². The number of aliphatic hydroxyl groups excluding tert-OH is 1. The maximum absolute atomic E-state index is 14.2. The van der Waals surface area contributed by atoms with Gasteiger partial charge in [0.05, 0.1) is 49.1 Å². The molecule has 9 nitrogen and oxygen atoms in total. The Kier molecular flexibility index (Phi) is 11.6. The van der Waals surface area contributed by atoms with Gasteiger partial charge in [-0.15, -0.1) is 0 Å². The van der Waals surface area contributed by atoms with Gasteiger partial charge in [-0.05, 0) is 50.3 Å². The molecule has 0 aromatic rings. The van der Waals surface area contributed by atoms with E-state index in [1.807, 2.05) is 13.0 Å². The SMILES string of the molecule is COC1CC(OC2C(C)=CCC3CC(CC4(C=CC(C)C(C(C)C)O4)O3)OC(=O)C3C=C(C)C(C)C4OCC(=CC=CC2C)C34)OC(C)C1O. The van der Waals surface area contributed by atoms with E-state index < -0.39 is 30.2 Å². The molecule has 1 aliphatic carbocycles. The molecule has 3 saturated heterocycles. The van der Waals surface area contributed by atoms with Gasteiger partial charge in [0.2, 0.25) is 0 Å². The first kappa shape index (κ1) is 37.6. The topological polar surface area (TPSA) is 102 Å². The van der Waals surface area contributed by atoms with Crippen molar-refractivity contribution in [2.75, 3.05) is 13.7 Å². The minimum absolute atomic E-state index is 0.0154. The summed E-state index contributed by atoms with van der Waals surface area (Å²) in [5.74, 6) is -0.987. The Labute approximate surface area is 299 Å². The van der Waals surface area contributed by atoms with Crippen molar-refractivity contribution < 1.29 is 43.1 Å². The highest BCUT2D eigenvalue weighted by Crippen LogP contribution is 2.46. The van der Waals surface area contributed by atoms with Gasteiger partial charge in [0, 0.05) is 50.0 Å². The zero-order valence-electron chi connectivity index (χ0n) is 31.5. The minimum atomic E-state index is -0.979. The summed E-state index contributed by atoms with van der Waals surface area (Å²) in [5, 5.41) is 10.6. The Balaban J connectivity index is 1.36. The summed E-state index contributed by atoms with van der Waals surface area (Å²) in [4.78, 5) is 14.2. The summed E-state index contributed by atoms with van der Waals surface area (Å²) in [7, 11) is 1.61. The lowest BCUT2D eigenvalue weighted by atomic mass is 9.72. The lowest BCUT2D eigenvalue weighted by Gasteiger charge is -2.47. The minimum Gasteiger partial charge on any atom is -0.462 e. The van der Waals surface area contributed by atoms with Gasteiger partial charge in [-0.1, -0.05) is 76.6 Å². The molecule has 0 aromatic carbocycles. The van der Waals surface area contributed by atoms with Gasteiger partial charge in [-0.25, -0.2) is 0 Å². The Morgan fingerprint density at radius 1 is 1.00 bits per heavy atom.